The van der Waals surface area contributed by atoms with Crippen LogP contribution in [0.5, 0.6) is 0 Å². The van der Waals surface area contributed by atoms with E-state index in [0.717, 1.165) is 44.4 Å². The van der Waals surface area contributed by atoms with Crippen LogP contribution in [0.4, 0.5) is 0 Å². The highest BCUT2D eigenvalue weighted by molar-refractivity contribution is 14.0. The molecule has 1 aliphatic rings. The number of halogens is 1. The van der Waals surface area contributed by atoms with Gasteiger partial charge in [-0.25, -0.2) is 0 Å². The smallest absolute Gasteiger partial charge is 0.193 e. The molecule has 0 unspecified atom stereocenters. The van der Waals surface area contributed by atoms with Crippen LogP contribution in [-0.2, 0) is 13.0 Å². The fraction of sp³-hybridized carbons (Fsp3) is 0.786. The summed E-state index contributed by atoms with van der Waals surface area (Å²) in [7, 11) is 1.85. The summed E-state index contributed by atoms with van der Waals surface area (Å²) in [6, 6.07) is 0. The predicted molar refractivity (Wildman–Crippen MR) is 96.1 cm³/mol. The summed E-state index contributed by atoms with van der Waals surface area (Å²) in [6.45, 7) is 10.6. The second-order valence-electron chi connectivity index (χ2n) is 6.10. The van der Waals surface area contributed by atoms with Crippen LogP contribution in [0.15, 0.2) is 11.3 Å². The molecular weight excluding hydrogens is 379 g/mol. The van der Waals surface area contributed by atoms with E-state index in [0.29, 0.717) is 5.41 Å². The Labute approximate surface area is 144 Å². The number of hydrogen-bond acceptors (Lipinski definition) is 3. The molecule has 21 heavy (non-hydrogen) atoms. The molecular formula is C14H27IN6. The number of aryl methyl sites for hydroxylation is 1. The van der Waals surface area contributed by atoms with Gasteiger partial charge < -0.3 is 14.8 Å². The van der Waals surface area contributed by atoms with Gasteiger partial charge in [-0.3, -0.25) is 4.99 Å². The van der Waals surface area contributed by atoms with Crippen molar-refractivity contribution >= 4 is 29.9 Å². The van der Waals surface area contributed by atoms with Gasteiger partial charge >= 0.3 is 0 Å². The first-order valence-electron chi connectivity index (χ1n) is 7.38. The van der Waals surface area contributed by atoms with Crippen LogP contribution in [0, 0.1) is 5.41 Å². The molecule has 1 aliphatic heterocycles. The Kier molecular flexibility index (Phi) is 6.89. The largest absolute Gasteiger partial charge is 0.354 e. The first-order chi connectivity index (χ1) is 9.55. The molecule has 0 bridgehead atoms. The maximum Gasteiger partial charge on any atom is 0.193 e. The lowest BCUT2D eigenvalue weighted by atomic mass is 9.93. The maximum atomic E-state index is 4.39. The molecule has 0 saturated carbocycles. The van der Waals surface area contributed by atoms with Gasteiger partial charge in [-0.15, -0.1) is 34.2 Å². The van der Waals surface area contributed by atoms with Crippen LogP contribution in [0.3, 0.4) is 0 Å². The molecule has 1 N–H and O–H groups in total. The molecule has 0 amide bonds. The van der Waals surface area contributed by atoms with Crippen molar-refractivity contribution in [3.8, 4) is 0 Å². The number of aliphatic imine (C=N–C) groups is 1. The summed E-state index contributed by atoms with van der Waals surface area (Å²) in [6.07, 6.45) is 3.93. The number of rotatable bonds is 4. The number of guanidine groups is 1. The zero-order chi connectivity index (χ0) is 14.6. The Morgan fingerprint density at radius 1 is 1.48 bits per heavy atom. The van der Waals surface area contributed by atoms with Gasteiger partial charge in [0.15, 0.2) is 5.96 Å². The summed E-state index contributed by atoms with van der Waals surface area (Å²) in [5, 5.41) is 11.5. The normalized spacial score (nSPS) is 17.7. The van der Waals surface area contributed by atoms with E-state index in [-0.39, 0.29) is 24.0 Å². The van der Waals surface area contributed by atoms with Crippen molar-refractivity contribution in [3.05, 3.63) is 12.2 Å². The summed E-state index contributed by atoms with van der Waals surface area (Å²) in [4.78, 5) is 6.73. The van der Waals surface area contributed by atoms with Gasteiger partial charge in [0.2, 0.25) is 0 Å². The minimum atomic E-state index is 0. The molecule has 1 aromatic heterocycles. The van der Waals surface area contributed by atoms with E-state index in [9.17, 15) is 0 Å². The highest BCUT2D eigenvalue weighted by Crippen LogP contribution is 2.28. The minimum absolute atomic E-state index is 0. The summed E-state index contributed by atoms with van der Waals surface area (Å²) < 4.78 is 2.09. The second-order valence-corrected chi connectivity index (χ2v) is 6.10. The van der Waals surface area contributed by atoms with E-state index >= 15 is 0 Å². The first-order valence-corrected chi connectivity index (χ1v) is 7.38. The molecule has 0 aromatic carbocycles. The van der Waals surface area contributed by atoms with Gasteiger partial charge in [-0.1, -0.05) is 20.8 Å². The molecule has 1 aromatic rings. The van der Waals surface area contributed by atoms with E-state index in [2.05, 4.69) is 50.7 Å². The molecule has 2 heterocycles. The highest BCUT2D eigenvalue weighted by Gasteiger charge is 2.30. The number of aromatic nitrogens is 3. The van der Waals surface area contributed by atoms with Crippen molar-refractivity contribution < 1.29 is 0 Å². The number of nitrogens with one attached hydrogen (secondary N) is 1. The summed E-state index contributed by atoms with van der Waals surface area (Å²) in [5.41, 5.74) is 0.390. The van der Waals surface area contributed by atoms with Gasteiger partial charge in [0, 0.05) is 39.6 Å². The zero-order valence-corrected chi connectivity index (χ0v) is 15.8. The fourth-order valence-corrected chi connectivity index (χ4v) is 2.65. The lowest BCUT2D eigenvalue weighted by molar-refractivity contribution is 0.369. The van der Waals surface area contributed by atoms with E-state index in [1.54, 1.807) is 6.33 Å². The fourth-order valence-electron chi connectivity index (χ4n) is 2.65. The second kappa shape index (κ2) is 7.95. The number of likely N-dealkylation sites (tertiary alicyclic amines) is 1. The van der Waals surface area contributed by atoms with Crippen LogP contribution < -0.4 is 5.32 Å². The molecule has 0 radical (unpaired) electrons. The highest BCUT2D eigenvalue weighted by atomic mass is 127. The number of nitrogens with zero attached hydrogens (tertiary/aromatic N) is 5. The lowest BCUT2D eigenvalue weighted by Gasteiger charge is -2.23. The lowest BCUT2D eigenvalue weighted by Crippen LogP contribution is -2.41. The third kappa shape index (κ3) is 4.82. The Bertz CT molecular complexity index is 468. The van der Waals surface area contributed by atoms with Crippen LogP contribution in [0.1, 0.15) is 33.0 Å². The Morgan fingerprint density at radius 2 is 2.24 bits per heavy atom. The molecule has 7 heteroatoms. The van der Waals surface area contributed by atoms with Gasteiger partial charge in [-0.2, -0.15) is 0 Å². The van der Waals surface area contributed by atoms with Crippen LogP contribution in [-0.4, -0.2) is 52.3 Å². The van der Waals surface area contributed by atoms with Crippen molar-refractivity contribution in [2.45, 2.75) is 40.2 Å². The van der Waals surface area contributed by atoms with Gasteiger partial charge in [0.25, 0.3) is 0 Å². The average molecular weight is 406 g/mol. The zero-order valence-electron chi connectivity index (χ0n) is 13.5. The predicted octanol–water partition coefficient (Wildman–Crippen LogP) is 1.77. The molecule has 1 fully saturated rings. The van der Waals surface area contributed by atoms with E-state index in [1.807, 2.05) is 7.05 Å². The van der Waals surface area contributed by atoms with Crippen molar-refractivity contribution in [2.24, 2.45) is 10.4 Å². The third-order valence-electron chi connectivity index (χ3n) is 3.84. The molecule has 0 aliphatic carbocycles. The molecule has 1 saturated heterocycles. The Balaban J connectivity index is 0.00000220. The van der Waals surface area contributed by atoms with Crippen LogP contribution >= 0.6 is 24.0 Å². The maximum absolute atomic E-state index is 4.39. The average Bonchev–Trinajstić information content (AvgIpc) is 3.00. The topological polar surface area (TPSA) is 58.3 Å². The molecule has 0 atom stereocenters. The van der Waals surface area contributed by atoms with Crippen molar-refractivity contribution in [1.82, 2.24) is 25.0 Å². The first kappa shape index (κ1) is 18.2. The molecule has 0 spiro atoms. The molecule has 2 rings (SSSR count). The monoisotopic (exact) mass is 406 g/mol. The Morgan fingerprint density at radius 3 is 2.81 bits per heavy atom. The van der Waals surface area contributed by atoms with Crippen molar-refractivity contribution in [1.29, 1.82) is 0 Å². The molecule has 6 nitrogen and oxygen atoms in total. The minimum Gasteiger partial charge on any atom is -0.354 e. The molecule has 120 valence electrons. The Hall–Kier alpha value is -0.860. The van der Waals surface area contributed by atoms with E-state index in [1.165, 1.54) is 6.42 Å². The van der Waals surface area contributed by atoms with E-state index < -0.39 is 0 Å². The third-order valence-corrected chi connectivity index (χ3v) is 3.84. The van der Waals surface area contributed by atoms with E-state index in [4.69, 9.17) is 0 Å². The number of hydrogen-bond donors (Lipinski definition) is 1. The van der Waals surface area contributed by atoms with Crippen LogP contribution in [0.2, 0.25) is 0 Å². The summed E-state index contributed by atoms with van der Waals surface area (Å²) in [5.74, 6) is 2.03. The van der Waals surface area contributed by atoms with Gasteiger partial charge in [0.1, 0.15) is 12.2 Å². The van der Waals surface area contributed by atoms with Crippen molar-refractivity contribution in [2.75, 3.05) is 26.7 Å². The van der Waals surface area contributed by atoms with Gasteiger partial charge in [0.05, 0.1) is 0 Å². The SMILES string of the molecule is CCc1nncn1CCNC(=NC)N1CCC(C)(C)C1.I. The van der Waals surface area contributed by atoms with Crippen LogP contribution in [0.25, 0.3) is 0 Å². The van der Waals surface area contributed by atoms with Crippen molar-refractivity contribution in [3.63, 3.8) is 0 Å². The standard InChI is InChI=1S/C14H26N6.HI/c1-5-12-18-17-11-20(12)9-7-16-13(15-4)19-8-6-14(2,3)10-19;/h11H,5-10H2,1-4H3,(H,15,16);1H. The van der Waals surface area contributed by atoms with Gasteiger partial charge in [-0.05, 0) is 11.8 Å². The summed E-state index contributed by atoms with van der Waals surface area (Å²) >= 11 is 0. The quantitative estimate of drug-likeness (QED) is 0.471.